The Hall–Kier alpha value is -2.89. The van der Waals surface area contributed by atoms with Crippen molar-refractivity contribution in [1.82, 2.24) is 0 Å². The van der Waals surface area contributed by atoms with Crippen LogP contribution in [0.3, 0.4) is 0 Å². The molecule has 0 heterocycles. The highest BCUT2D eigenvalue weighted by molar-refractivity contribution is 5.71. The van der Waals surface area contributed by atoms with Gasteiger partial charge in [-0.05, 0) is 103 Å². The maximum Gasteiger partial charge on any atom is 0.306 e. The van der Waals surface area contributed by atoms with Gasteiger partial charge < -0.3 is 14.2 Å². The molecule has 0 spiro atoms. The molecule has 0 fully saturated rings. The Morgan fingerprint density at radius 1 is 0.351 bits per heavy atom. The second kappa shape index (κ2) is 45.8. The van der Waals surface area contributed by atoms with Crippen molar-refractivity contribution in [1.29, 1.82) is 0 Å². The number of unbranched alkanes of at least 4 members (excludes halogenated alkanes) is 21. The fourth-order valence-electron chi connectivity index (χ4n) is 6.30. The van der Waals surface area contributed by atoms with Crippen molar-refractivity contribution in [2.75, 3.05) is 13.2 Å². The minimum Gasteiger partial charge on any atom is -0.462 e. The zero-order valence-electron chi connectivity index (χ0n) is 37.3. The molecule has 0 aromatic heterocycles. The Morgan fingerprint density at radius 2 is 0.649 bits per heavy atom. The first-order chi connectivity index (χ1) is 28.0. The molecule has 1 atom stereocenters. The molecule has 6 nitrogen and oxygen atoms in total. The van der Waals surface area contributed by atoms with E-state index in [0.717, 1.165) is 89.9 Å². The van der Waals surface area contributed by atoms with E-state index in [1.54, 1.807) is 0 Å². The summed E-state index contributed by atoms with van der Waals surface area (Å²) in [5, 5.41) is 0. The van der Waals surface area contributed by atoms with Crippen LogP contribution in [0.5, 0.6) is 0 Å². The van der Waals surface area contributed by atoms with Crippen LogP contribution in [0.2, 0.25) is 0 Å². The van der Waals surface area contributed by atoms with Gasteiger partial charge in [-0.2, -0.15) is 0 Å². The van der Waals surface area contributed by atoms with Crippen molar-refractivity contribution in [3.05, 3.63) is 60.8 Å². The van der Waals surface area contributed by atoms with Gasteiger partial charge >= 0.3 is 17.9 Å². The first-order valence-electron chi connectivity index (χ1n) is 23.8. The van der Waals surface area contributed by atoms with E-state index >= 15 is 0 Å². The van der Waals surface area contributed by atoms with Crippen LogP contribution >= 0.6 is 0 Å². The predicted octanol–water partition coefficient (Wildman–Crippen LogP) is 15.3. The fraction of sp³-hybridized carbons (Fsp3) is 0.745. The van der Waals surface area contributed by atoms with Gasteiger partial charge in [0, 0.05) is 19.3 Å². The van der Waals surface area contributed by atoms with Crippen molar-refractivity contribution in [3.63, 3.8) is 0 Å². The second-order valence-electron chi connectivity index (χ2n) is 15.7. The Labute approximate surface area is 351 Å². The third kappa shape index (κ3) is 44.1. The van der Waals surface area contributed by atoms with Gasteiger partial charge in [0.25, 0.3) is 0 Å². The second-order valence-corrected chi connectivity index (χ2v) is 15.7. The lowest BCUT2D eigenvalue weighted by atomic mass is 10.1. The summed E-state index contributed by atoms with van der Waals surface area (Å²) in [5.41, 5.74) is 0. The van der Waals surface area contributed by atoms with Gasteiger partial charge in [0.2, 0.25) is 0 Å². The van der Waals surface area contributed by atoms with Crippen LogP contribution in [0.15, 0.2) is 60.8 Å². The maximum atomic E-state index is 12.7. The molecule has 0 aliphatic carbocycles. The summed E-state index contributed by atoms with van der Waals surface area (Å²) < 4.78 is 16.7. The summed E-state index contributed by atoms with van der Waals surface area (Å²) >= 11 is 0. The summed E-state index contributed by atoms with van der Waals surface area (Å²) in [6.45, 7) is 6.49. The van der Waals surface area contributed by atoms with Crippen molar-refractivity contribution in [3.8, 4) is 0 Å². The average molecular weight is 797 g/mol. The quantitative estimate of drug-likeness (QED) is 0.0265. The molecule has 57 heavy (non-hydrogen) atoms. The largest absolute Gasteiger partial charge is 0.462 e. The highest BCUT2D eigenvalue weighted by Gasteiger charge is 2.19. The smallest absolute Gasteiger partial charge is 0.306 e. The monoisotopic (exact) mass is 797 g/mol. The summed E-state index contributed by atoms with van der Waals surface area (Å²) in [4.78, 5) is 37.8. The molecule has 6 heteroatoms. The Morgan fingerprint density at radius 3 is 1.12 bits per heavy atom. The van der Waals surface area contributed by atoms with Crippen LogP contribution in [0.1, 0.15) is 226 Å². The molecule has 0 aromatic rings. The van der Waals surface area contributed by atoms with E-state index in [4.69, 9.17) is 14.2 Å². The lowest BCUT2D eigenvalue weighted by molar-refractivity contribution is -0.167. The lowest BCUT2D eigenvalue weighted by Crippen LogP contribution is -2.30. The lowest BCUT2D eigenvalue weighted by Gasteiger charge is -2.18. The van der Waals surface area contributed by atoms with Crippen LogP contribution in [0.4, 0.5) is 0 Å². The summed E-state index contributed by atoms with van der Waals surface area (Å²) in [6, 6.07) is 0. The molecular formula is C51H88O6. The predicted molar refractivity (Wildman–Crippen MR) is 242 cm³/mol. The molecule has 0 rings (SSSR count). The Kier molecular flexibility index (Phi) is 43.5. The van der Waals surface area contributed by atoms with Crippen molar-refractivity contribution >= 4 is 17.9 Å². The number of hydrogen-bond donors (Lipinski definition) is 0. The van der Waals surface area contributed by atoms with Crippen LogP contribution in [0.25, 0.3) is 0 Å². The molecule has 0 aliphatic heterocycles. The first kappa shape index (κ1) is 54.1. The molecule has 0 N–H and O–H groups in total. The molecule has 0 amide bonds. The van der Waals surface area contributed by atoms with Gasteiger partial charge in [-0.1, -0.05) is 165 Å². The molecule has 0 unspecified atom stereocenters. The first-order valence-corrected chi connectivity index (χ1v) is 23.8. The van der Waals surface area contributed by atoms with Crippen LogP contribution < -0.4 is 0 Å². The molecule has 0 radical (unpaired) electrons. The van der Waals surface area contributed by atoms with E-state index in [9.17, 15) is 14.4 Å². The molecular weight excluding hydrogens is 709 g/mol. The zero-order chi connectivity index (χ0) is 41.5. The molecule has 0 saturated carbocycles. The van der Waals surface area contributed by atoms with E-state index < -0.39 is 6.10 Å². The highest BCUT2D eigenvalue weighted by Crippen LogP contribution is 2.13. The van der Waals surface area contributed by atoms with E-state index in [1.165, 1.54) is 96.3 Å². The standard InChI is InChI=1S/C51H88O6/c1-4-7-10-13-16-19-22-24-25-27-29-32-35-38-41-44-50(53)56-47-48(46-55-49(52)43-40-37-34-31-28-21-18-15-12-9-6-3)57-51(54)45-42-39-36-33-30-26-23-20-17-14-11-8-5-2/h15-16,18-20,23-25,29,32,48H,4-14,17,21-22,26-28,30-31,33-47H2,1-3H3/b18-15-,19-16-,23-20-,25-24-,32-29-/t48-/m0/s1. The Bertz CT molecular complexity index is 1050. The number of ether oxygens (including phenoxy) is 3. The number of carbonyl (C=O) groups is 3. The molecule has 328 valence electrons. The molecule has 0 aromatic carbocycles. The van der Waals surface area contributed by atoms with Gasteiger partial charge in [0.15, 0.2) is 6.10 Å². The summed E-state index contributed by atoms with van der Waals surface area (Å²) in [7, 11) is 0. The van der Waals surface area contributed by atoms with Crippen LogP contribution in [0, 0.1) is 0 Å². The van der Waals surface area contributed by atoms with E-state index in [-0.39, 0.29) is 31.1 Å². The minimum atomic E-state index is -0.794. The number of allylic oxidation sites excluding steroid dienone is 10. The van der Waals surface area contributed by atoms with Crippen LogP contribution in [-0.4, -0.2) is 37.2 Å². The van der Waals surface area contributed by atoms with Crippen molar-refractivity contribution in [2.24, 2.45) is 0 Å². The van der Waals surface area contributed by atoms with Gasteiger partial charge in [0.1, 0.15) is 13.2 Å². The fourth-order valence-corrected chi connectivity index (χ4v) is 6.30. The topological polar surface area (TPSA) is 78.9 Å². The SMILES string of the molecule is CCCC/C=C\CCCCCCCC(=O)OC[C@@H](COC(=O)CCCC/C=C\C/C=C\C/C=C\CCCCC)OC(=O)CCCCCCC/C=C\CCCCCC. The average Bonchev–Trinajstić information content (AvgIpc) is 3.21. The van der Waals surface area contributed by atoms with E-state index in [2.05, 4.69) is 81.5 Å². The Balaban J connectivity index is 4.46. The van der Waals surface area contributed by atoms with E-state index in [1.807, 2.05) is 0 Å². The normalized spacial score (nSPS) is 12.5. The van der Waals surface area contributed by atoms with E-state index in [0.29, 0.717) is 19.3 Å². The minimum absolute atomic E-state index is 0.0944. The van der Waals surface area contributed by atoms with Gasteiger partial charge in [-0.25, -0.2) is 0 Å². The third-order valence-electron chi connectivity index (χ3n) is 9.96. The van der Waals surface area contributed by atoms with Gasteiger partial charge in [-0.3, -0.25) is 14.4 Å². The van der Waals surface area contributed by atoms with Gasteiger partial charge in [0.05, 0.1) is 0 Å². The third-order valence-corrected chi connectivity index (χ3v) is 9.96. The zero-order valence-corrected chi connectivity index (χ0v) is 37.3. The molecule has 0 bridgehead atoms. The van der Waals surface area contributed by atoms with Crippen molar-refractivity contribution < 1.29 is 28.6 Å². The highest BCUT2D eigenvalue weighted by atomic mass is 16.6. The molecule has 0 aliphatic rings. The number of hydrogen-bond acceptors (Lipinski definition) is 6. The van der Waals surface area contributed by atoms with Crippen molar-refractivity contribution in [2.45, 2.75) is 232 Å². The maximum absolute atomic E-state index is 12.7. The summed E-state index contributed by atoms with van der Waals surface area (Å²) in [6.07, 6.45) is 54.8. The number of rotatable bonds is 42. The molecule has 0 saturated heterocycles. The summed E-state index contributed by atoms with van der Waals surface area (Å²) in [5.74, 6) is -0.954. The van der Waals surface area contributed by atoms with Crippen LogP contribution in [-0.2, 0) is 28.6 Å². The van der Waals surface area contributed by atoms with Gasteiger partial charge in [-0.15, -0.1) is 0 Å². The number of esters is 3. The number of carbonyl (C=O) groups excluding carboxylic acids is 3.